The van der Waals surface area contributed by atoms with Crippen LogP contribution in [0, 0.1) is 11.8 Å². The Morgan fingerprint density at radius 3 is 2.96 bits per heavy atom. The van der Waals surface area contributed by atoms with Gasteiger partial charge in [0.05, 0.1) is 12.0 Å². The van der Waals surface area contributed by atoms with Crippen molar-refractivity contribution in [2.45, 2.75) is 57.8 Å². The Hall–Kier alpha value is -1.76. The molecule has 1 fully saturated rings. The zero-order valence-corrected chi connectivity index (χ0v) is 15.9. The summed E-state index contributed by atoms with van der Waals surface area (Å²) in [6.45, 7) is 7.28. The lowest BCUT2D eigenvalue weighted by Gasteiger charge is -2.34. The number of furan rings is 1. The van der Waals surface area contributed by atoms with Crippen molar-refractivity contribution in [3.8, 4) is 11.6 Å². The highest BCUT2D eigenvalue weighted by atomic mass is 32.2. The largest absolute Gasteiger partial charge is 0.461 e. The second-order valence-electron chi connectivity index (χ2n) is 6.76. The molecule has 0 aromatic carbocycles. The maximum atomic E-state index is 12.4. The van der Waals surface area contributed by atoms with Gasteiger partial charge in [-0.05, 0) is 37.3 Å². The standard InChI is InChI=1S/C18H26N4O2S/c1-4-22-17(15-9-6-10-24-15)20-21-18(22)25-11-16(23)19-14-8-5-7-12(2)13(14)3/h6,9-10,12-14H,4-5,7-8,11H2,1-3H3,(H,19,23)/t12-,13-,14-/m0/s1. The molecule has 1 amide bonds. The van der Waals surface area contributed by atoms with Crippen molar-refractivity contribution in [3.63, 3.8) is 0 Å². The summed E-state index contributed by atoms with van der Waals surface area (Å²) >= 11 is 1.42. The van der Waals surface area contributed by atoms with E-state index in [4.69, 9.17) is 4.42 Å². The van der Waals surface area contributed by atoms with Crippen molar-refractivity contribution >= 4 is 17.7 Å². The lowest BCUT2D eigenvalue weighted by Crippen LogP contribution is -2.44. The summed E-state index contributed by atoms with van der Waals surface area (Å²) in [6, 6.07) is 3.99. The van der Waals surface area contributed by atoms with Gasteiger partial charge in [-0.3, -0.25) is 9.36 Å². The summed E-state index contributed by atoms with van der Waals surface area (Å²) in [4.78, 5) is 12.4. The van der Waals surface area contributed by atoms with E-state index in [1.54, 1.807) is 6.26 Å². The summed E-state index contributed by atoms with van der Waals surface area (Å²) in [5.41, 5.74) is 0. The van der Waals surface area contributed by atoms with Crippen molar-refractivity contribution < 1.29 is 9.21 Å². The molecule has 1 N–H and O–H groups in total. The highest BCUT2D eigenvalue weighted by Crippen LogP contribution is 2.30. The van der Waals surface area contributed by atoms with E-state index in [0.717, 1.165) is 18.1 Å². The molecule has 0 radical (unpaired) electrons. The Balaban J connectivity index is 1.59. The van der Waals surface area contributed by atoms with Crippen LogP contribution in [-0.4, -0.2) is 32.5 Å². The Kier molecular flexibility index (Phi) is 5.83. The number of nitrogens with one attached hydrogen (secondary N) is 1. The number of carbonyl (C=O) groups is 1. The summed E-state index contributed by atoms with van der Waals surface area (Å²) in [6.07, 6.45) is 5.16. The van der Waals surface area contributed by atoms with Crippen molar-refractivity contribution in [2.24, 2.45) is 11.8 Å². The van der Waals surface area contributed by atoms with E-state index in [2.05, 4.69) is 29.4 Å². The molecule has 0 spiro atoms. The highest BCUT2D eigenvalue weighted by molar-refractivity contribution is 7.99. The minimum absolute atomic E-state index is 0.0705. The van der Waals surface area contributed by atoms with Crippen molar-refractivity contribution in [2.75, 3.05) is 5.75 Å². The van der Waals surface area contributed by atoms with Gasteiger partial charge in [-0.15, -0.1) is 10.2 Å². The molecule has 3 rings (SSSR count). The van der Waals surface area contributed by atoms with Gasteiger partial charge >= 0.3 is 0 Å². The lowest BCUT2D eigenvalue weighted by molar-refractivity contribution is -0.120. The number of hydrogen-bond acceptors (Lipinski definition) is 5. The zero-order chi connectivity index (χ0) is 17.8. The molecule has 2 aromatic heterocycles. The molecule has 2 aromatic rings. The third-order valence-corrected chi connectivity index (χ3v) is 6.13. The molecule has 136 valence electrons. The van der Waals surface area contributed by atoms with Crippen LogP contribution in [0.3, 0.4) is 0 Å². The SMILES string of the molecule is CCn1c(SCC(=O)N[C@H]2CCC[C@H](C)[C@@H]2C)nnc1-c1ccco1. The van der Waals surface area contributed by atoms with Crippen molar-refractivity contribution in [3.05, 3.63) is 18.4 Å². The maximum absolute atomic E-state index is 12.4. The first-order chi connectivity index (χ1) is 12.1. The van der Waals surface area contributed by atoms with E-state index in [1.807, 2.05) is 23.6 Å². The molecule has 0 aliphatic heterocycles. The van der Waals surface area contributed by atoms with Crippen LogP contribution in [0.1, 0.15) is 40.0 Å². The van der Waals surface area contributed by atoms with E-state index in [-0.39, 0.29) is 5.91 Å². The van der Waals surface area contributed by atoms with Crippen LogP contribution in [0.25, 0.3) is 11.6 Å². The summed E-state index contributed by atoms with van der Waals surface area (Å²) < 4.78 is 7.39. The smallest absolute Gasteiger partial charge is 0.230 e. The van der Waals surface area contributed by atoms with Crippen LogP contribution in [0.4, 0.5) is 0 Å². The Morgan fingerprint density at radius 2 is 2.24 bits per heavy atom. The van der Waals surface area contributed by atoms with E-state index in [1.165, 1.54) is 24.6 Å². The van der Waals surface area contributed by atoms with Gasteiger partial charge in [-0.1, -0.05) is 38.5 Å². The lowest BCUT2D eigenvalue weighted by atomic mass is 9.78. The van der Waals surface area contributed by atoms with Crippen molar-refractivity contribution in [1.29, 1.82) is 0 Å². The molecular formula is C18H26N4O2S. The average molecular weight is 362 g/mol. The maximum Gasteiger partial charge on any atom is 0.230 e. The number of hydrogen-bond donors (Lipinski definition) is 1. The molecular weight excluding hydrogens is 336 g/mol. The van der Waals surface area contributed by atoms with Gasteiger partial charge in [0.25, 0.3) is 0 Å². The third-order valence-electron chi connectivity index (χ3n) is 5.16. The first-order valence-corrected chi connectivity index (χ1v) is 9.98. The molecule has 2 heterocycles. The number of aromatic nitrogens is 3. The van der Waals surface area contributed by atoms with E-state index >= 15 is 0 Å². The molecule has 0 unspecified atom stereocenters. The fourth-order valence-corrected chi connectivity index (χ4v) is 4.25. The minimum atomic E-state index is 0.0705. The summed E-state index contributed by atoms with van der Waals surface area (Å²) in [5, 5.41) is 12.4. The second-order valence-corrected chi connectivity index (χ2v) is 7.70. The fraction of sp³-hybridized carbons (Fsp3) is 0.611. The van der Waals surface area contributed by atoms with Gasteiger partial charge in [-0.2, -0.15) is 0 Å². The van der Waals surface area contributed by atoms with E-state index < -0.39 is 0 Å². The normalized spacial score (nSPS) is 23.6. The number of rotatable bonds is 6. The fourth-order valence-electron chi connectivity index (χ4n) is 3.43. The number of nitrogens with zero attached hydrogens (tertiary/aromatic N) is 3. The van der Waals surface area contributed by atoms with Crippen LogP contribution in [0.5, 0.6) is 0 Å². The zero-order valence-electron chi connectivity index (χ0n) is 15.1. The molecule has 1 aliphatic carbocycles. The molecule has 25 heavy (non-hydrogen) atoms. The summed E-state index contributed by atoms with van der Waals surface area (Å²) in [5.74, 6) is 3.02. The second kappa shape index (κ2) is 8.08. The Labute approximate surface area is 152 Å². The van der Waals surface area contributed by atoms with Gasteiger partial charge in [0.15, 0.2) is 16.7 Å². The molecule has 3 atom stereocenters. The first-order valence-electron chi connectivity index (χ1n) is 8.99. The van der Waals surface area contributed by atoms with Crippen molar-refractivity contribution in [1.82, 2.24) is 20.1 Å². The van der Waals surface area contributed by atoms with Gasteiger partial charge in [0.1, 0.15) is 0 Å². The van der Waals surface area contributed by atoms with Gasteiger partial charge in [0.2, 0.25) is 5.91 Å². The predicted octanol–water partition coefficient (Wildman–Crippen LogP) is 3.59. The number of thioether (sulfide) groups is 1. The Bertz CT molecular complexity index is 698. The van der Waals surface area contributed by atoms with Crippen LogP contribution in [-0.2, 0) is 11.3 Å². The molecule has 1 aliphatic rings. The average Bonchev–Trinajstić information content (AvgIpc) is 3.25. The van der Waals surface area contributed by atoms with Crippen LogP contribution in [0.2, 0.25) is 0 Å². The van der Waals surface area contributed by atoms with Gasteiger partial charge in [-0.25, -0.2) is 0 Å². The van der Waals surface area contributed by atoms with Gasteiger partial charge < -0.3 is 9.73 Å². The molecule has 0 bridgehead atoms. The first kappa shape index (κ1) is 18.0. The van der Waals surface area contributed by atoms with Gasteiger partial charge in [0, 0.05) is 12.6 Å². The number of carbonyl (C=O) groups excluding carboxylic acids is 1. The predicted molar refractivity (Wildman–Crippen MR) is 98.2 cm³/mol. The minimum Gasteiger partial charge on any atom is -0.461 e. The molecule has 0 saturated heterocycles. The monoisotopic (exact) mass is 362 g/mol. The van der Waals surface area contributed by atoms with Crippen LogP contribution in [0.15, 0.2) is 28.0 Å². The quantitative estimate of drug-likeness (QED) is 0.795. The molecule has 1 saturated carbocycles. The van der Waals surface area contributed by atoms with Crippen LogP contribution >= 0.6 is 11.8 Å². The van der Waals surface area contributed by atoms with Crippen LogP contribution < -0.4 is 5.32 Å². The topological polar surface area (TPSA) is 73.0 Å². The summed E-state index contributed by atoms with van der Waals surface area (Å²) in [7, 11) is 0. The third kappa shape index (κ3) is 4.08. The van der Waals surface area contributed by atoms with E-state index in [9.17, 15) is 4.79 Å². The molecule has 7 heteroatoms. The van der Waals surface area contributed by atoms with E-state index in [0.29, 0.717) is 35.2 Å². The number of amides is 1. The molecule has 6 nitrogen and oxygen atoms in total. The Morgan fingerprint density at radius 1 is 1.40 bits per heavy atom. The highest BCUT2D eigenvalue weighted by Gasteiger charge is 2.28.